The average Bonchev–Trinajstić information content (AvgIpc) is 2.25. The molecule has 1 aliphatic carbocycles. The molecule has 1 rings (SSSR count). The maximum Gasteiger partial charge on any atom is 0.221 e. The van der Waals surface area contributed by atoms with Crippen LogP contribution in [0.15, 0.2) is 0 Å². The lowest BCUT2D eigenvalue weighted by Gasteiger charge is -2.32. The van der Waals surface area contributed by atoms with Crippen molar-refractivity contribution in [2.75, 3.05) is 20.1 Å². The smallest absolute Gasteiger partial charge is 0.221 e. The predicted molar refractivity (Wildman–Crippen MR) is 59.6 cm³/mol. The molecule has 0 heterocycles. The summed E-state index contributed by atoms with van der Waals surface area (Å²) in [7, 11) is 1.64. The second-order valence-electron chi connectivity index (χ2n) is 4.38. The lowest BCUT2D eigenvalue weighted by atomic mass is 9.85. The van der Waals surface area contributed by atoms with Gasteiger partial charge in [0.25, 0.3) is 0 Å². The third kappa shape index (κ3) is 4.62. The molecule has 0 saturated heterocycles. The second-order valence-corrected chi connectivity index (χ2v) is 4.38. The Hall–Kier alpha value is -0.610. The zero-order valence-electron chi connectivity index (χ0n) is 9.51. The molecule has 0 aliphatic heterocycles. The van der Waals surface area contributed by atoms with Crippen LogP contribution in [0, 0.1) is 0 Å². The van der Waals surface area contributed by atoms with Gasteiger partial charge in [-0.1, -0.05) is 19.3 Å². The van der Waals surface area contributed by atoms with E-state index in [4.69, 9.17) is 0 Å². The fraction of sp³-hybridized carbons (Fsp3) is 0.909. The number of hydrogen-bond donors (Lipinski definition) is 3. The van der Waals surface area contributed by atoms with E-state index in [-0.39, 0.29) is 5.91 Å². The van der Waals surface area contributed by atoms with Crippen LogP contribution in [0.3, 0.4) is 0 Å². The van der Waals surface area contributed by atoms with Crippen molar-refractivity contribution in [3.05, 3.63) is 0 Å². The van der Waals surface area contributed by atoms with Crippen molar-refractivity contribution in [1.29, 1.82) is 0 Å². The highest BCUT2D eigenvalue weighted by Crippen LogP contribution is 2.27. The highest BCUT2D eigenvalue weighted by molar-refractivity contribution is 5.75. The van der Waals surface area contributed by atoms with E-state index in [0.29, 0.717) is 19.5 Å². The molecule has 0 radical (unpaired) electrons. The summed E-state index contributed by atoms with van der Waals surface area (Å²) in [5, 5.41) is 15.9. The van der Waals surface area contributed by atoms with E-state index in [1.807, 2.05) is 0 Å². The Balaban J connectivity index is 2.10. The topological polar surface area (TPSA) is 61.4 Å². The van der Waals surface area contributed by atoms with Gasteiger partial charge in [0.15, 0.2) is 0 Å². The minimum absolute atomic E-state index is 0.0399. The number of nitrogens with one attached hydrogen (secondary N) is 2. The summed E-state index contributed by atoms with van der Waals surface area (Å²) in [4.78, 5) is 10.9. The van der Waals surface area contributed by atoms with Crippen LogP contribution in [0.25, 0.3) is 0 Å². The first-order chi connectivity index (χ1) is 7.16. The highest BCUT2D eigenvalue weighted by Gasteiger charge is 2.28. The van der Waals surface area contributed by atoms with Crippen LogP contribution in [-0.4, -0.2) is 36.8 Å². The van der Waals surface area contributed by atoms with E-state index in [9.17, 15) is 9.90 Å². The lowest BCUT2D eigenvalue weighted by molar-refractivity contribution is -0.120. The Labute approximate surface area is 91.4 Å². The number of aliphatic hydroxyl groups is 1. The third-order valence-corrected chi connectivity index (χ3v) is 3.05. The van der Waals surface area contributed by atoms with Crippen LogP contribution >= 0.6 is 0 Å². The van der Waals surface area contributed by atoms with E-state index >= 15 is 0 Å². The number of amides is 1. The summed E-state index contributed by atoms with van der Waals surface area (Å²) in [5.74, 6) is 0.0399. The van der Waals surface area contributed by atoms with Gasteiger partial charge in [0.2, 0.25) is 5.91 Å². The molecule has 1 amide bonds. The zero-order chi connectivity index (χ0) is 11.1. The summed E-state index contributed by atoms with van der Waals surface area (Å²) < 4.78 is 0. The molecule has 1 saturated carbocycles. The fourth-order valence-electron chi connectivity index (χ4n) is 2.03. The first-order valence-corrected chi connectivity index (χ1v) is 5.80. The van der Waals surface area contributed by atoms with Crippen LogP contribution < -0.4 is 10.6 Å². The van der Waals surface area contributed by atoms with Gasteiger partial charge >= 0.3 is 0 Å². The van der Waals surface area contributed by atoms with Gasteiger partial charge < -0.3 is 15.7 Å². The van der Waals surface area contributed by atoms with E-state index in [0.717, 1.165) is 25.7 Å². The van der Waals surface area contributed by atoms with Gasteiger partial charge in [-0.15, -0.1) is 0 Å². The molecule has 1 fully saturated rings. The summed E-state index contributed by atoms with van der Waals surface area (Å²) in [6.45, 7) is 1.26. The molecule has 4 heteroatoms. The van der Waals surface area contributed by atoms with Crippen molar-refractivity contribution in [3.63, 3.8) is 0 Å². The van der Waals surface area contributed by atoms with E-state index < -0.39 is 5.60 Å². The van der Waals surface area contributed by atoms with Crippen LogP contribution in [0.1, 0.15) is 38.5 Å². The SMILES string of the molecule is CNC(=O)CCNCC1(O)CCCCC1. The monoisotopic (exact) mass is 214 g/mol. The molecule has 1 aliphatic rings. The summed E-state index contributed by atoms with van der Waals surface area (Å²) in [6, 6.07) is 0. The van der Waals surface area contributed by atoms with E-state index in [2.05, 4.69) is 10.6 Å². The number of rotatable bonds is 5. The van der Waals surface area contributed by atoms with Crippen LogP contribution in [-0.2, 0) is 4.79 Å². The molecule has 15 heavy (non-hydrogen) atoms. The molecule has 4 nitrogen and oxygen atoms in total. The predicted octanol–water partition coefficient (Wildman–Crippen LogP) is 0.407. The van der Waals surface area contributed by atoms with Crippen molar-refractivity contribution in [2.45, 2.75) is 44.1 Å². The van der Waals surface area contributed by atoms with Crippen molar-refractivity contribution in [1.82, 2.24) is 10.6 Å². The molecular weight excluding hydrogens is 192 g/mol. The molecule has 88 valence electrons. The van der Waals surface area contributed by atoms with Crippen LogP contribution in [0.4, 0.5) is 0 Å². The van der Waals surface area contributed by atoms with Gasteiger partial charge in [0.1, 0.15) is 0 Å². The van der Waals surface area contributed by atoms with Gasteiger partial charge in [-0.05, 0) is 12.8 Å². The largest absolute Gasteiger partial charge is 0.389 e. The van der Waals surface area contributed by atoms with Crippen LogP contribution in [0.2, 0.25) is 0 Å². The normalized spacial score (nSPS) is 19.9. The molecule has 0 spiro atoms. The molecule has 0 aromatic carbocycles. The van der Waals surface area contributed by atoms with Crippen molar-refractivity contribution >= 4 is 5.91 Å². The van der Waals surface area contributed by atoms with Gasteiger partial charge in [-0.2, -0.15) is 0 Å². The third-order valence-electron chi connectivity index (χ3n) is 3.05. The Bertz CT molecular complexity index is 201. The van der Waals surface area contributed by atoms with Gasteiger partial charge in [-0.25, -0.2) is 0 Å². The van der Waals surface area contributed by atoms with Crippen LogP contribution in [0.5, 0.6) is 0 Å². The number of carbonyl (C=O) groups excluding carboxylic acids is 1. The maximum atomic E-state index is 10.9. The second kappa shape index (κ2) is 6.08. The summed E-state index contributed by atoms with van der Waals surface area (Å²) in [5.41, 5.74) is -0.527. The minimum atomic E-state index is -0.527. The van der Waals surface area contributed by atoms with Crippen molar-refractivity contribution in [3.8, 4) is 0 Å². The molecular formula is C11H22N2O2. The van der Waals surface area contributed by atoms with Gasteiger partial charge in [0.05, 0.1) is 5.60 Å². The van der Waals surface area contributed by atoms with Crippen molar-refractivity contribution < 1.29 is 9.90 Å². The Morgan fingerprint density at radius 1 is 1.33 bits per heavy atom. The average molecular weight is 214 g/mol. The first kappa shape index (κ1) is 12.5. The van der Waals surface area contributed by atoms with Crippen molar-refractivity contribution in [2.24, 2.45) is 0 Å². The zero-order valence-corrected chi connectivity index (χ0v) is 9.51. The molecule has 0 aromatic heterocycles. The number of hydrogen-bond acceptors (Lipinski definition) is 3. The molecule has 0 atom stereocenters. The summed E-state index contributed by atoms with van der Waals surface area (Å²) >= 11 is 0. The van der Waals surface area contributed by atoms with E-state index in [1.165, 1.54) is 6.42 Å². The first-order valence-electron chi connectivity index (χ1n) is 5.80. The molecule has 3 N–H and O–H groups in total. The number of carbonyl (C=O) groups is 1. The van der Waals surface area contributed by atoms with E-state index in [1.54, 1.807) is 7.05 Å². The molecule has 0 bridgehead atoms. The Morgan fingerprint density at radius 3 is 2.60 bits per heavy atom. The van der Waals surface area contributed by atoms with Gasteiger partial charge in [0, 0.05) is 26.6 Å². The lowest BCUT2D eigenvalue weighted by Crippen LogP contribution is -2.42. The maximum absolute atomic E-state index is 10.9. The molecule has 0 aromatic rings. The minimum Gasteiger partial charge on any atom is -0.389 e. The Kier molecular flexibility index (Phi) is 5.05. The standard InChI is InChI=1S/C11H22N2O2/c1-12-10(14)5-8-13-9-11(15)6-3-2-4-7-11/h13,15H,2-9H2,1H3,(H,12,14). The Morgan fingerprint density at radius 2 is 2.00 bits per heavy atom. The molecule has 0 unspecified atom stereocenters. The fourth-order valence-corrected chi connectivity index (χ4v) is 2.03. The quantitative estimate of drug-likeness (QED) is 0.581. The van der Waals surface area contributed by atoms with Gasteiger partial charge in [-0.3, -0.25) is 4.79 Å². The highest BCUT2D eigenvalue weighted by atomic mass is 16.3. The summed E-state index contributed by atoms with van der Waals surface area (Å²) in [6.07, 6.45) is 5.73.